The van der Waals surface area contributed by atoms with E-state index in [-0.39, 0.29) is 23.5 Å². The Morgan fingerprint density at radius 2 is 1.54 bits per heavy atom. The lowest BCUT2D eigenvalue weighted by molar-refractivity contribution is -0.118. The Hall–Kier alpha value is -2.04. The highest BCUT2D eigenvalue weighted by atomic mass is 16.5. The number of methoxy groups -OCH3 is 1. The van der Waals surface area contributed by atoms with E-state index in [1.54, 1.807) is 0 Å². The maximum absolute atomic E-state index is 12.2. The highest BCUT2D eigenvalue weighted by molar-refractivity contribution is 5.95. The van der Waals surface area contributed by atoms with E-state index in [4.69, 9.17) is 4.74 Å². The topological polar surface area (TPSA) is 83.8 Å². The number of phenols is 1. The number of unbranched alkanes of at least 4 members (excludes halogenated alkanes) is 8. The van der Waals surface area contributed by atoms with E-state index in [1.165, 1.54) is 57.8 Å². The van der Waals surface area contributed by atoms with Crippen LogP contribution >= 0.6 is 0 Å². The van der Waals surface area contributed by atoms with Gasteiger partial charge in [-0.15, -0.1) is 0 Å². The highest BCUT2D eigenvalue weighted by Gasteiger charge is 2.19. The van der Waals surface area contributed by atoms with Crippen molar-refractivity contribution in [3.05, 3.63) is 23.3 Å². The van der Waals surface area contributed by atoms with E-state index >= 15 is 0 Å². The van der Waals surface area contributed by atoms with Crippen LogP contribution in [0.1, 0.15) is 87.1 Å². The van der Waals surface area contributed by atoms with Crippen molar-refractivity contribution in [2.45, 2.75) is 77.6 Å². The summed E-state index contributed by atoms with van der Waals surface area (Å²) in [5.41, 5.74) is 0.0847. The Labute approximate surface area is 156 Å². The third-order valence-corrected chi connectivity index (χ3v) is 4.57. The maximum Gasteiger partial charge on any atom is 0.339 e. The molecule has 0 saturated carbocycles. The molecule has 5 nitrogen and oxygen atoms in total. The number of carbonyl (C=O) groups excluding carboxylic acids is 1. The van der Waals surface area contributed by atoms with Gasteiger partial charge in [0, 0.05) is 18.9 Å². The van der Waals surface area contributed by atoms with E-state index in [0.29, 0.717) is 17.7 Å². The average molecular weight is 364 g/mol. The molecule has 0 amide bonds. The van der Waals surface area contributed by atoms with E-state index in [0.717, 1.165) is 19.3 Å². The first-order chi connectivity index (χ1) is 12.5. The molecule has 0 bridgehead atoms. The van der Waals surface area contributed by atoms with Crippen LogP contribution in [-0.4, -0.2) is 29.1 Å². The van der Waals surface area contributed by atoms with Crippen molar-refractivity contribution in [1.29, 1.82) is 0 Å². The number of carboxylic acid groups (broad SMARTS) is 1. The van der Waals surface area contributed by atoms with Gasteiger partial charge in [-0.05, 0) is 18.1 Å². The van der Waals surface area contributed by atoms with Crippen molar-refractivity contribution in [2.24, 2.45) is 0 Å². The molecule has 1 rings (SSSR count). The van der Waals surface area contributed by atoms with Gasteiger partial charge >= 0.3 is 5.97 Å². The Kier molecular flexibility index (Phi) is 10.4. The highest BCUT2D eigenvalue weighted by Crippen LogP contribution is 2.28. The molecule has 0 heterocycles. The average Bonchev–Trinajstić information content (AvgIpc) is 2.59. The summed E-state index contributed by atoms with van der Waals surface area (Å²) in [6.45, 7) is 2.21. The molecule has 0 spiro atoms. The lowest BCUT2D eigenvalue weighted by Crippen LogP contribution is -2.09. The van der Waals surface area contributed by atoms with Gasteiger partial charge in [0.2, 0.25) is 0 Å². The van der Waals surface area contributed by atoms with Crippen LogP contribution in [0.25, 0.3) is 0 Å². The van der Waals surface area contributed by atoms with Crippen LogP contribution in [0, 0.1) is 0 Å². The predicted molar refractivity (Wildman–Crippen MR) is 102 cm³/mol. The monoisotopic (exact) mass is 364 g/mol. The molecule has 5 heteroatoms. The van der Waals surface area contributed by atoms with Crippen LogP contribution in [0.3, 0.4) is 0 Å². The van der Waals surface area contributed by atoms with Gasteiger partial charge in [-0.2, -0.15) is 0 Å². The molecule has 0 unspecified atom stereocenters. The van der Waals surface area contributed by atoms with Gasteiger partial charge in [0.25, 0.3) is 0 Å². The number of ketones is 1. The molecule has 1 aromatic carbocycles. The number of Topliss-reactive ketones (excluding diaryl/α,β-unsaturated/α-hetero) is 1. The molecular weight excluding hydrogens is 332 g/mol. The first kappa shape index (κ1) is 22.0. The van der Waals surface area contributed by atoms with Gasteiger partial charge in [-0.1, -0.05) is 58.3 Å². The van der Waals surface area contributed by atoms with Gasteiger partial charge in [0.05, 0.1) is 7.11 Å². The zero-order valence-electron chi connectivity index (χ0n) is 16.1. The second-order valence-corrected chi connectivity index (χ2v) is 6.78. The van der Waals surface area contributed by atoms with Gasteiger partial charge in [0.1, 0.15) is 22.8 Å². The number of aromatic carboxylic acids is 1. The van der Waals surface area contributed by atoms with Crippen LogP contribution in [0.2, 0.25) is 0 Å². The van der Waals surface area contributed by atoms with Crippen molar-refractivity contribution in [2.75, 3.05) is 7.11 Å². The van der Waals surface area contributed by atoms with Crippen molar-refractivity contribution in [3.8, 4) is 11.5 Å². The third-order valence-electron chi connectivity index (χ3n) is 4.57. The number of carboxylic acids is 1. The maximum atomic E-state index is 12.2. The fourth-order valence-electron chi connectivity index (χ4n) is 3.09. The summed E-state index contributed by atoms with van der Waals surface area (Å²) in [5, 5.41) is 19.1. The quantitative estimate of drug-likeness (QED) is 0.447. The van der Waals surface area contributed by atoms with Crippen molar-refractivity contribution < 1.29 is 24.5 Å². The zero-order valence-corrected chi connectivity index (χ0v) is 16.1. The van der Waals surface area contributed by atoms with Crippen LogP contribution in [-0.2, 0) is 11.2 Å². The van der Waals surface area contributed by atoms with Crippen LogP contribution < -0.4 is 4.74 Å². The second kappa shape index (κ2) is 12.3. The van der Waals surface area contributed by atoms with Crippen molar-refractivity contribution >= 4 is 11.8 Å². The van der Waals surface area contributed by atoms with Crippen LogP contribution in [0.15, 0.2) is 12.1 Å². The first-order valence-electron chi connectivity index (χ1n) is 9.64. The summed E-state index contributed by atoms with van der Waals surface area (Å²) in [6.07, 6.45) is 11.1. The van der Waals surface area contributed by atoms with Crippen molar-refractivity contribution in [1.82, 2.24) is 0 Å². The Morgan fingerprint density at radius 3 is 2.08 bits per heavy atom. The number of aromatic hydroxyl groups is 1. The number of benzene rings is 1. The summed E-state index contributed by atoms with van der Waals surface area (Å²) in [5.74, 6) is -1.28. The number of rotatable bonds is 14. The minimum Gasteiger partial charge on any atom is -0.507 e. The summed E-state index contributed by atoms with van der Waals surface area (Å²) < 4.78 is 5.05. The standard InChI is InChI=1S/C21H32O5/c1-3-4-5-6-7-8-9-10-11-12-17(22)13-16-14-18(26-2)15-19(23)20(16)21(24)25/h14-15,23H,3-13H2,1-2H3,(H,24,25). The summed E-state index contributed by atoms with van der Waals surface area (Å²) >= 11 is 0. The fourth-order valence-corrected chi connectivity index (χ4v) is 3.09. The molecule has 0 atom stereocenters. The molecule has 26 heavy (non-hydrogen) atoms. The number of ether oxygens (including phenoxy) is 1. The molecule has 0 aromatic heterocycles. The molecule has 0 aliphatic rings. The third kappa shape index (κ3) is 7.89. The first-order valence-corrected chi connectivity index (χ1v) is 9.64. The van der Waals surface area contributed by atoms with Crippen LogP contribution in [0.4, 0.5) is 0 Å². The van der Waals surface area contributed by atoms with E-state index in [1.807, 2.05) is 0 Å². The number of carbonyl (C=O) groups is 2. The summed E-state index contributed by atoms with van der Waals surface area (Å²) in [4.78, 5) is 23.5. The summed E-state index contributed by atoms with van der Waals surface area (Å²) in [6, 6.07) is 2.76. The molecule has 146 valence electrons. The lowest BCUT2D eigenvalue weighted by Gasteiger charge is -2.10. The second-order valence-electron chi connectivity index (χ2n) is 6.78. The molecule has 0 saturated heterocycles. The van der Waals surface area contributed by atoms with Gasteiger partial charge in [-0.25, -0.2) is 4.79 Å². The van der Waals surface area contributed by atoms with Gasteiger partial charge in [0.15, 0.2) is 0 Å². The number of hydrogen-bond acceptors (Lipinski definition) is 4. The molecule has 0 radical (unpaired) electrons. The lowest BCUT2D eigenvalue weighted by atomic mass is 9.98. The SMILES string of the molecule is CCCCCCCCCCCC(=O)Cc1cc(OC)cc(O)c1C(=O)O. The van der Waals surface area contributed by atoms with Crippen molar-refractivity contribution in [3.63, 3.8) is 0 Å². The molecular formula is C21H32O5. The van der Waals surface area contributed by atoms with E-state index < -0.39 is 5.97 Å². The predicted octanol–water partition coefficient (Wildman–Crippen LogP) is 5.13. The molecule has 0 aliphatic heterocycles. The smallest absolute Gasteiger partial charge is 0.339 e. The van der Waals surface area contributed by atoms with Crippen LogP contribution in [0.5, 0.6) is 11.5 Å². The Bertz CT molecular complexity index is 580. The molecule has 0 aliphatic carbocycles. The fraction of sp³-hybridized carbons (Fsp3) is 0.619. The molecule has 0 fully saturated rings. The minimum absolute atomic E-state index is 0.00338. The van der Waals surface area contributed by atoms with Gasteiger partial charge < -0.3 is 14.9 Å². The number of hydrogen-bond donors (Lipinski definition) is 2. The molecule has 2 N–H and O–H groups in total. The largest absolute Gasteiger partial charge is 0.507 e. The minimum atomic E-state index is -1.24. The zero-order chi connectivity index (χ0) is 19.4. The van der Waals surface area contributed by atoms with E-state index in [9.17, 15) is 19.8 Å². The Balaban J connectivity index is 2.39. The van der Waals surface area contributed by atoms with E-state index in [2.05, 4.69) is 6.92 Å². The van der Waals surface area contributed by atoms with Gasteiger partial charge in [-0.3, -0.25) is 4.79 Å². The summed E-state index contributed by atoms with van der Waals surface area (Å²) in [7, 11) is 1.43. The Morgan fingerprint density at radius 1 is 0.962 bits per heavy atom. The molecule has 1 aromatic rings. The normalized spacial score (nSPS) is 10.7.